The van der Waals surface area contributed by atoms with Gasteiger partial charge in [0.25, 0.3) is 5.91 Å². The summed E-state index contributed by atoms with van der Waals surface area (Å²) in [4.78, 5) is 24.7. The van der Waals surface area contributed by atoms with Crippen LogP contribution in [0.3, 0.4) is 0 Å². The van der Waals surface area contributed by atoms with Gasteiger partial charge in [0.05, 0.1) is 0 Å². The molecule has 27 heavy (non-hydrogen) atoms. The summed E-state index contributed by atoms with van der Waals surface area (Å²) in [5, 5.41) is 6.22. The molecular formula is C20H23ClN2O3S. The van der Waals surface area contributed by atoms with Crippen LogP contribution in [0.1, 0.15) is 12.0 Å². The summed E-state index contributed by atoms with van der Waals surface area (Å²) in [6.07, 6.45) is 2.50. The predicted molar refractivity (Wildman–Crippen MR) is 110 cm³/mol. The zero-order valence-electron chi connectivity index (χ0n) is 15.1. The zero-order chi connectivity index (χ0) is 19.5. The highest BCUT2D eigenvalue weighted by molar-refractivity contribution is 7.98. The Morgan fingerprint density at radius 2 is 1.93 bits per heavy atom. The molecule has 1 atom stereocenters. The average molecular weight is 407 g/mol. The van der Waals surface area contributed by atoms with Crippen molar-refractivity contribution in [2.45, 2.75) is 19.0 Å². The van der Waals surface area contributed by atoms with E-state index in [-0.39, 0.29) is 18.4 Å². The number of ether oxygens (including phenoxy) is 1. The van der Waals surface area contributed by atoms with Gasteiger partial charge in [0.15, 0.2) is 6.61 Å². The van der Waals surface area contributed by atoms with Crippen LogP contribution in [0.4, 0.5) is 0 Å². The SMILES string of the molecule is CSCC[C@H](NC(=O)COc1ccccc1)C(=O)NCc1cccc(Cl)c1. The highest BCUT2D eigenvalue weighted by atomic mass is 35.5. The summed E-state index contributed by atoms with van der Waals surface area (Å²) < 4.78 is 5.43. The Morgan fingerprint density at radius 3 is 2.63 bits per heavy atom. The van der Waals surface area contributed by atoms with Crippen molar-refractivity contribution in [2.24, 2.45) is 0 Å². The van der Waals surface area contributed by atoms with Crippen LogP contribution in [0.2, 0.25) is 5.02 Å². The molecule has 5 nitrogen and oxygen atoms in total. The molecule has 2 rings (SSSR count). The summed E-state index contributed by atoms with van der Waals surface area (Å²) >= 11 is 7.58. The van der Waals surface area contributed by atoms with Crippen molar-refractivity contribution >= 4 is 35.2 Å². The van der Waals surface area contributed by atoms with Crippen molar-refractivity contribution in [2.75, 3.05) is 18.6 Å². The third-order valence-corrected chi connectivity index (χ3v) is 4.61. The van der Waals surface area contributed by atoms with E-state index in [1.54, 1.807) is 36.0 Å². The van der Waals surface area contributed by atoms with Crippen LogP contribution in [-0.4, -0.2) is 36.5 Å². The standard InChI is InChI=1S/C20H23ClN2O3S/c1-27-11-10-18(20(25)22-13-15-6-5-7-16(21)12-15)23-19(24)14-26-17-8-3-2-4-9-17/h2-9,12,18H,10-11,13-14H2,1H3,(H,22,25)(H,23,24)/t18-/m0/s1. The Balaban J connectivity index is 1.86. The minimum absolute atomic E-state index is 0.138. The lowest BCUT2D eigenvalue weighted by atomic mass is 10.2. The second-order valence-electron chi connectivity index (χ2n) is 5.85. The van der Waals surface area contributed by atoms with Gasteiger partial charge in [-0.15, -0.1) is 0 Å². The van der Waals surface area contributed by atoms with Gasteiger partial charge in [-0.25, -0.2) is 0 Å². The average Bonchev–Trinajstić information content (AvgIpc) is 2.68. The van der Waals surface area contributed by atoms with E-state index in [9.17, 15) is 9.59 Å². The van der Waals surface area contributed by atoms with Gasteiger partial charge < -0.3 is 15.4 Å². The first-order chi connectivity index (χ1) is 13.1. The summed E-state index contributed by atoms with van der Waals surface area (Å²) in [5.41, 5.74) is 0.901. The van der Waals surface area contributed by atoms with Crippen molar-refractivity contribution < 1.29 is 14.3 Å². The molecule has 0 unspecified atom stereocenters. The van der Waals surface area contributed by atoms with Gasteiger partial charge in [0.1, 0.15) is 11.8 Å². The molecular weight excluding hydrogens is 384 g/mol. The van der Waals surface area contributed by atoms with Gasteiger partial charge in [-0.05, 0) is 48.3 Å². The second kappa shape index (κ2) is 11.5. The Kier molecular flexibility index (Phi) is 9.01. The molecule has 0 aliphatic rings. The maximum absolute atomic E-state index is 12.5. The normalized spacial score (nSPS) is 11.5. The molecule has 2 aromatic rings. The number of halogens is 1. The molecule has 0 heterocycles. The Bertz CT molecular complexity index is 743. The smallest absolute Gasteiger partial charge is 0.258 e. The van der Waals surface area contributed by atoms with Crippen LogP contribution < -0.4 is 15.4 Å². The monoisotopic (exact) mass is 406 g/mol. The molecule has 144 valence electrons. The predicted octanol–water partition coefficient (Wildman–Crippen LogP) is 3.27. The first-order valence-electron chi connectivity index (χ1n) is 8.57. The lowest BCUT2D eigenvalue weighted by Crippen LogP contribution is -2.48. The van der Waals surface area contributed by atoms with E-state index in [1.807, 2.05) is 36.6 Å². The number of benzene rings is 2. The highest BCUT2D eigenvalue weighted by Crippen LogP contribution is 2.11. The Morgan fingerprint density at radius 1 is 1.15 bits per heavy atom. The summed E-state index contributed by atoms with van der Waals surface area (Å²) in [7, 11) is 0. The minimum Gasteiger partial charge on any atom is -0.484 e. The third-order valence-electron chi connectivity index (χ3n) is 3.73. The van der Waals surface area contributed by atoms with E-state index < -0.39 is 6.04 Å². The minimum atomic E-state index is -0.608. The zero-order valence-corrected chi connectivity index (χ0v) is 16.7. The van der Waals surface area contributed by atoms with Crippen LogP contribution in [0.5, 0.6) is 5.75 Å². The van der Waals surface area contributed by atoms with Gasteiger partial charge in [0.2, 0.25) is 5.91 Å². The fraction of sp³-hybridized carbons (Fsp3) is 0.300. The van der Waals surface area contributed by atoms with Gasteiger partial charge in [-0.1, -0.05) is 41.9 Å². The first-order valence-corrected chi connectivity index (χ1v) is 10.3. The molecule has 0 fully saturated rings. The van der Waals surface area contributed by atoms with Gasteiger partial charge in [-0.2, -0.15) is 11.8 Å². The number of rotatable bonds is 10. The molecule has 2 N–H and O–H groups in total. The number of nitrogens with one attached hydrogen (secondary N) is 2. The van der Waals surface area contributed by atoms with Crippen molar-refractivity contribution in [1.29, 1.82) is 0 Å². The second-order valence-corrected chi connectivity index (χ2v) is 7.27. The summed E-state index contributed by atoms with van der Waals surface area (Å²) in [6, 6.07) is 15.8. The van der Waals surface area contributed by atoms with Gasteiger partial charge >= 0.3 is 0 Å². The van der Waals surface area contributed by atoms with Gasteiger partial charge in [0, 0.05) is 11.6 Å². The molecule has 2 aromatic carbocycles. The highest BCUT2D eigenvalue weighted by Gasteiger charge is 2.20. The maximum atomic E-state index is 12.5. The number of amides is 2. The number of hydrogen-bond acceptors (Lipinski definition) is 4. The molecule has 0 radical (unpaired) electrons. The molecule has 0 aliphatic carbocycles. The van der Waals surface area contributed by atoms with E-state index in [0.29, 0.717) is 23.7 Å². The molecule has 0 aliphatic heterocycles. The fourth-order valence-electron chi connectivity index (χ4n) is 2.37. The van der Waals surface area contributed by atoms with E-state index in [4.69, 9.17) is 16.3 Å². The van der Waals surface area contributed by atoms with Crippen molar-refractivity contribution in [1.82, 2.24) is 10.6 Å². The molecule has 0 aromatic heterocycles. The largest absolute Gasteiger partial charge is 0.484 e. The molecule has 0 saturated carbocycles. The lowest BCUT2D eigenvalue weighted by molar-refractivity contribution is -0.130. The van der Waals surface area contributed by atoms with Crippen LogP contribution >= 0.6 is 23.4 Å². The van der Waals surface area contributed by atoms with Crippen LogP contribution in [0.15, 0.2) is 54.6 Å². The third kappa shape index (κ3) is 7.93. The Hall–Kier alpha value is -2.18. The van der Waals surface area contributed by atoms with E-state index in [2.05, 4.69) is 10.6 Å². The Labute approximate surface area is 168 Å². The lowest BCUT2D eigenvalue weighted by Gasteiger charge is -2.18. The van der Waals surface area contributed by atoms with Crippen molar-refractivity contribution in [3.63, 3.8) is 0 Å². The molecule has 0 spiro atoms. The van der Waals surface area contributed by atoms with Crippen LogP contribution in [0.25, 0.3) is 0 Å². The first kappa shape index (κ1) is 21.1. The van der Waals surface area contributed by atoms with E-state index in [1.165, 1.54) is 0 Å². The maximum Gasteiger partial charge on any atom is 0.258 e. The number of thioether (sulfide) groups is 1. The van der Waals surface area contributed by atoms with Crippen molar-refractivity contribution in [3.8, 4) is 5.75 Å². The topological polar surface area (TPSA) is 67.4 Å². The quantitative estimate of drug-likeness (QED) is 0.635. The molecule has 0 saturated heterocycles. The fourth-order valence-corrected chi connectivity index (χ4v) is 3.05. The molecule has 7 heteroatoms. The number of carbonyl (C=O) groups is 2. The van der Waals surface area contributed by atoms with Crippen LogP contribution in [-0.2, 0) is 16.1 Å². The van der Waals surface area contributed by atoms with Gasteiger partial charge in [-0.3, -0.25) is 9.59 Å². The summed E-state index contributed by atoms with van der Waals surface area (Å²) in [6.45, 7) is 0.215. The van der Waals surface area contributed by atoms with E-state index in [0.717, 1.165) is 11.3 Å². The van der Waals surface area contributed by atoms with Crippen LogP contribution in [0, 0.1) is 0 Å². The number of carbonyl (C=O) groups excluding carboxylic acids is 2. The molecule has 2 amide bonds. The number of para-hydroxylation sites is 1. The van der Waals surface area contributed by atoms with Crippen molar-refractivity contribution in [3.05, 3.63) is 65.2 Å². The molecule has 0 bridgehead atoms. The summed E-state index contributed by atoms with van der Waals surface area (Å²) in [5.74, 6) is 0.813. The van der Waals surface area contributed by atoms with E-state index >= 15 is 0 Å². The number of hydrogen-bond donors (Lipinski definition) is 2.